The van der Waals surface area contributed by atoms with Gasteiger partial charge in [-0.3, -0.25) is 4.99 Å². The van der Waals surface area contributed by atoms with Crippen LogP contribution < -0.4 is 5.32 Å². The minimum atomic E-state index is 0.00954. The third-order valence-corrected chi connectivity index (χ3v) is 6.10. The van der Waals surface area contributed by atoms with Crippen molar-refractivity contribution in [2.45, 2.75) is 38.0 Å². The molecule has 1 aromatic carbocycles. The van der Waals surface area contributed by atoms with Gasteiger partial charge >= 0.3 is 0 Å². The molecule has 138 valence electrons. The minimum Gasteiger partial charge on any atom is -0.381 e. The number of hydrogen-bond donors (Lipinski definition) is 1. The summed E-state index contributed by atoms with van der Waals surface area (Å²) in [5.41, 5.74) is 1.24. The fraction of sp³-hybridized carbons (Fsp3) is 0.650. The molecule has 2 saturated heterocycles. The molecule has 1 aromatic rings. The Morgan fingerprint density at radius 2 is 1.96 bits per heavy atom. The minimum absolute atomic E-state index is 0.00954. The van der Waals surface area contributed by atoms with Crippen molar-refractivity contribution in [3.8, 4) is 0 Å². The maximum Gasteiger partial charge on any atom is 0.193 e. The van der Waals surface area contributed by atoms with E-state index in [1.165, 1.54) is 18.4 Å². The molecule has 1 N–H and O–H groups in total. The molecule has 0 aromatic heterocycles. The molecular weight excluding hydrogens is 334 g/mol. The quantitative estimate of drug-likeness (QED) is 0.657. The standard InChI is InChI=1S/C20H30ClN3O/c1-16-7-11-24(12-8-16)19(22-2)23-15-20(9-13-25-14-10-20)17-5-3-4-6-18(17)21/h3-6,16H,7-15H2,1-2H3,(H,22,23). The molecule has 2 aliphatic heterocycles. The van der Waals surface area contributed by atoms with Gasteiger partial charge in [0.2, 0.25) is 0 Å². The van der Waals surface area contributed by atoms with Crippen LogP contribution in [0.3, 0.4) is 0 Å². The van der Waals surface area contributed by atoms with Crippen LogP contribution in [0.25, 0.3) is 0 Å². The smallest absolute Gasteiger partial charge is 0.193 e. The van der Waals surface area contributed by atoms with E-state index < -0.39 is 0 Å². The summed E-state index contributed by atoms with van der Waals surface area (Å²) in [6, 6.07) is 8.25. The molecule has 2 aliphatic rings. The van der Waals surface area contributed by atoms with Crippen LogP contribution in [0.5, 0.6) is 0 Å². The molecule has 2 heterocycles. The molecule has 0 aliphatic carbocycles. The van der Waals surface area contributed by atoms with E-state index in [1.807, 2.05) is 19.2 Å². The third kappa shape index (κ3) is 4.29. The number of aliphatic imine (C=N–C) groups is 1. The van der Waals surface area contributed by atoms with Crippen molar-refractivity contribution in [2.24, 2.45) is 10.9 Å². The van der Waals surface area contributed by atoms with Gasteiger partial charge < -0.3 is 15.0 Å². The van der Waals surface area contributed by atoms with Gasteiger partial charge in [0.1, 0.15) is 0 Å². The van der Waals surface area contributed by atoms with E-state index >= 15 is 0 Å². The molecule has 0 bridgehead atoms. The van der Waals surface area contributed by atoms with E-state index in [2.05, 4.69) is 34.3 Å². The van der Waals surface area contributed by atoms with Crippen LogP contribution in [-0.4, -0.2) is 50.8 Å². The average Bonchev–Trinajstić information content (AvgIpc) is 2.65. The Hall–Kier alpha value is -1.26. The number of piperidine rings is 1. The zero-order chi connectivity index (χ0) is 17.7. The van der Waals surface area contributed by atoms with Gasteiger partial charge in [-0.25, -0.2) is 0 Å². The topological polar surface area (TPSA) is 36.9 Å². The van der Waals surface area contributed by atoms with Crippen LogP contribution in [-0.2, 0) is 10.2 Å². The Labute approximate surface area is 156 Å². The van der Waals surface area contributed by atoms with E-state index in [9.17, 15) is 0 Å². The summed E-state index contributed by atoms with van der Waals surface area (Å²) in [6.45, 7) is 6.92. The first kappa shape index (κ1) is 18.5. The van der Waals surface area contributed by atoms with Crippen molar-refractivity contribution in [3.63, 3.8) is 0 Å². The fourth-order valence-electron chi connectivity index (χ4n) is 4.00. The van der Waals surface area contributed by atoms with Crippen LogP contribution in [0.2, 0.25) is 5.02 Å². The number of halogens is 1. The van der Waals surface area contributed by atoms with E-state index in [-0.39, 0.29) is 5.41 Å². The molecule has 5 heteroatoms. The van der Waals surface area contributed by atoms with Gasteiger partial charge in [0.05, 0.1) is 0 Å². The molecule has 0 radical (unpaired) electrons. The molecule has 3 rings (SSSR count). The van der Waals surface area contributed by atoms with Crippen molar-refractivity contribution < 1.29 is 4.74 Å². The molecule has 2 fully saturated rings. The highest BCUT2D eigenvalue weighted by Gasteiger charge is 2.36. The Morgan fingerprint density at radius 1 is 1.28 bits per heavy atom. The molecule has 0 saturated carbocycles. The highest BCUT2D eigenvalue weighted by Crippen LogP contribution is 2.38. The Kier molecular flexibility index (Phi) is 6.24. The number of nitrogens with one attached hydrogen (secondary N) is 1. The van der Waals surface area contributed by atoms with Crippen molar-refractivity contribution in [3.05, 3.63) is 34.9 Å². The summed E-state index contributed by atoms with van der Waals surface area (Å²) < 4.78 is 5.64. The van der Waals surface area contributed by atoms with Crippen LogP contribution in [0.15, 0.2) is 29.3 Å². The van der Waals surface area contributed by atoms with Gasteiger partial charge in [0, 0.05) is 50.3 Å². The van der Waals surface area contributed by atoms with Gasteiger partial charge in [-0.15, -0.1) is 0 Å². The zero-order valence-corrected chi connectivity index (χ0v) is 16.2. The summed E-state index contributed by atoms with van der Waals surface area (Å²) in [4.78, 5) is 6.92. The first-order valence-corrected chi connectivity index (χ1v) is 9.81. The lowest BCUT2D eigenvalue weighted by atomic mass is 9.74. The zero-order valence-electron chi connectivity index (χ0n) is 15.4. The van der Waals surface area contributed by atoms with Crippen molar-refractivity contribution in [2.75, 3.05) is 39.9 Å². The lowest BCUT2D eigenvalue weighted by Gasteiger charge is -2.40. The number of rotatable bonds is 3. The highest BCUT2D eigenvalue weighted by molar-refractivity contribution is 6.31. The summed E-state index contributed by atoms with van der Waals surface area (Å²) >= 11 is 6.55. The van der Waals surface area contributed by atoms with E-state index in [4.69, 9.17) is 16.3 Å². The van der Waals surface area contributed by atoms with Crippen molar-refractivity contribution in [1.82, 2.24) is 10.2 Å². The van der Waals surface area contributed by atoms with Crippen LogP contribution >= 0.6 is 11.6 Å². The first-order valence-electron chi connectivity index (χ1n) is 9.43. The van der Waals surface area contributed by atoms with Crippen LogP contribution in [0.4, 0.5) is 0 Å². The maximum atomic E-state index is 6.55. The predicted octanol–water partition coefficient (Wildman–Crippen LogP) is 3.70. The largest absolute Gasteiger partial charge is 0.381 e. The monoisotopic (exact) mass is 363 g/mol. The lowest BCUT2D eigenvalue weighted by Crippen LogP contribution is -2.51. The van der Waals surface area contributed by atoms with E-state index in [0.717, 1.165) is 62.6 Å². The average molecular weight is 364 g/mol. The predicted molar refractivity (Wildman–Crippen MR) is 105 cm³/mol. The number of likely N-dealkylation sites (tertiary alicyclic amines) is 1. The molecule has 0 unspecified atom stereocenters. The molecule has 0 atom stereocenters. The molecule has 0 amide bonds. The normalized spacial score (nSPS) is 22.0. The Bertz CT molecular complexity index is 590. The van der Waals surface area contributed by atoms with Crippen molar-refractivity contribution in [1.29, 1.82) is 0 Å². The van der Waals surface area contributed by atoms with Gasteiger partial charge in [0.25, 0.3) is 0 Å². The SMILES string of the molecule is CN=C(NCC1(c2ccccc2Cl)CCOCC1)N1CCC(C)CC1. The number of benzene rings is 1. The number of ether oxygens (including phenoxy) is 1. The number of hydrogen-bond acceptors (Lipinski definition) is 2. The molecule has 25 heavy (non-hydrogen) atoms. The van der Waals surface area contributed by atoms with Gasteiger partial charge in [-0.05, 0) is 43.2 Å². The summed E-state index contributed by atoms with van der Waals surface area (Å²) in [6.07, 6.45) is 4.45. The van der Waals surface area contributed by atoms with E-state index in [0.29, 0.717) is 0 Å². The van der Waals surface area contributed by atoms with Crippen molar-refractivity contribution >= 4 is 17.6 Å². The van der Waals surface area contributed by atoms with Gasteiger partial charge in [-0.1, -0.05) is 36.7 Å². The van der Waals surface area contributed by atoms with E-state index in [1.54, 1.807) is 0 Å². The maximum absolute atomic E-state index is 6.55. The third-order valence-electron chi connectivity index (χ3n) is 5.77. The van der Waals surface area contributed by atoms with Gasteiger partial charge in [-0.2, -0.15) is 0 Å². The summed E-state index contributed by atoms with van der Waals surface area (Å²) in [7, 11) is 1.88. The second-order valence-electron chi connectivity index (χ2n) is 7.44. The molecule has 4 nitrogen and oxygen atoms in total. The Morgan fingerprint density at radius 3 is 2.60 bits per heavy atom. The summed E-state index contributed by atoms with van der Waals surface area (Å²) in [5.74, 6) is 1.84. The van der Waals surface area contributed by atoms with Crippen LogP contribution in [0.1, 0.15) is 38.2 Å². The molecular formula is C20H30ClN3O. The highest BCUT2D eigenvalue weighted by atomic mass is 35.5. The fourth-order valence-corrected chi connectivity index (χ4v) is 4.33. The molecule has 0 spiro atoms. The van der Waals surface area contributed by atoms with Gasteiger partial charge in [0.15, 0.2) is 5.96 Å². The van der Waals surface area contributed by atoms with Crippen LogP contribution in [0, 0.1) is 5.92 Å². The lowest BCUT2D eigenvalue weighted by molar-refractivity contribution is 0.0511. The Balaban J connectivity index is 1.74. The summed E-state index contributed by atoms with van der Waals surface area (Å²) in [5, 5.41) is 4.51. The second-order valence-corrected chi connectivity index (χ2v) is 7.85. The second kappa shape index (κ2) is 8.41. The number of guanidine groups is 1. The number of nitrogens with zero attached hydrogens (tertiary/aromatic N) is 2. The first-order chi connectivity index (χ1) is 12.1.